The minimum absolute atomic E-state index is 0. The lowest BCUT2D eigenvalue weighted by molar-refractivity contribution is 0.223. The van der Waals surface area contributed by atoms with E-state index in [9.17, 15) is 0 Å². The maximum Gasteiger partial charge on any atom is 1.00 e. The summed E-state index contributed by atoms with van der Waals surface area (Å²) in [6.07, 6.45) is 0. The predicted octanol–water partition coefficient (Wildman–Crippen LogP) is 2.39. The fourth-order valence-corrected chi connectivity index (χ4v) is 1.46. The highest BCUT2D eigenvalue weighted by atomic mass is 16.5. The van der Waals surface area contributed by atoms with Crippen LogP contribution in [0, 0.1) is 11.3 Å². The Bertz CT molecular complexity index is 341. The molecule has 0 amide bonds. The molecule has 1 rings (SSSR count). The lowest BCUT2D eigenvalue weighted by Gasteiger charge is -2.17. The van der Waals surface area contributed by atoms with E-state index in [1.54, 1.807) is 12.1 Å². The fourth-order valence-electron chi connectivity index (χ4n) is 1.46. The standard InChI is InChI=1S/C13H18N2O/c1-3-15(4-2)9-10-16-13-7-5-12(11-14)6-8-13/h5-8H,3-4,9-10H2,1-2H3/p+1. The van der Waals surface area contributed by atoms with E-state index in [0.717, 1.165) is 25.4 Å². The van der Waals surface area contributed by atoms with Crippen LogP contribution in [0.5, 0.6) is 5.75 Å². The van der Waals surface area contributed by atoms with Crippen LogP contribution < -0.4 is 4.74 Å². The van der Waals surface area contributed by atoms with Gasteiger partial charge >= 0.3 is 1.43 Å². The van der Waals surface area contributed by atoms with E-state index in [4.69, 9.17) is 10.00 Å². The van der Waals surface area contributed by atoms with E-state index in [1.807, 2.05) is 12.1 Å². The molecule has 0 saturated heterocycles. The summed E-state index contributed by atoms with van der Waals surface area (Å²) in [5.74, 6) is 0.825. The van der Waals surface area contributed by atoms with Gasteiger partial charge in [-0.1, -0.05) is 13.8 Å². The Morgan fingerprint density at radius 1 is 1.25 bits per heavy atom. The molecule has 0 heterocycles. The molecule has 0 N–H and O–H groups in total. The number of hydrogen-bond acceptors (Lipinski definition) is 3. The van der Waals surface area contributed by atoms with E-state index < -0.39 is 0 Å². The van der Waals surface area contributed by atoms with Crippen molar-refractivity contribution < 1.29 is 6.16 Å². The van der Waals surface area contributed by atoms with Gasteiger partial charge in [0.2, 0.25) is 0 Å². The third-order valence-electron chi connectivity index (χ3n) is 2.55. The summed E-state index contributed by atoms with van der Waals surface area (Å²) >= 11 is 0. The molecule has 0 aromatic heterocycles. The predicted molar refractivity (Wildman–Crippen MR) is 65.6 cm³/mol. The van der Waals surface area contributed by atoms with Crippen molar-refractivity contribution in [3.8, 4) is 11.8 Å². The molecule has 3 nitrogen and oxygen atoms in total. The highest BCUT2D eigenvalue weighted by Gasteiger charge is 1.99. The molecule has 0 spiro atoms. The van der Waals surface area contributed by atoms with Crippen LogP contribution in [0.4, 0.5) is 0 Å². The molecule has 3 heteroatoms. The largest absolute Gasteiger partial charge is 1.00 e. The minimum atomic E-state index is 0. The fraction of sp³-hybridized carbons (Fsp3) is 0.462. The zero-order valence-corrected chi connectivity index (χ0v) is 9.94. The summed E-state index contributed by atoms with van der Waals surface area (Å²) in [5.41, 5.74) is 0.663. The Kier molecular flexibility index (Phi) is 5.38. The lowest BCUT2D eigenvalue weighted by atomic mass is 10.2. The molecule has 1 aromatic rings. The van der Waals surface area contributed by atoms with Gasteiger partial charge in [-0.05, 0) is 37.4 Å². The van der Waals surface area contributed by atoms with Gasteiger partial charge in [-0.3, -0.25) is 0 Å². The van der Waals surface area contributed by atoms with Crippen LogP contribution >= 0.6 is 0 Å². The van der Waals surface area contributed by atoms with Crippen LogP contribution in [0.1, 0.15) is 20.8 Å². The van der Waals surface area contributed by atoms with Gasteiger partial charge in [0.1, 0.15) is 12.4 Å². The van der Waals surface area contributed by atoms with Crippen molar-refractivity contribution in [2.75, 3.05) is 26.2 Å². The molecule has 16 heavy (non-hydrogen) atoms. The van der Waals surface area contributed by atoms with Crippen molar-refractivity contribution in [2.45, 2.75) is 13.8 Å². The average molecular weight is 219 g/mol. The number of nitriles is 1. The number of benzene rings is 1. The first-order valence-electron chi connectivity index (χ1n) is 5.65. The first-order chi connectivity index (χ1) is 7.80. The molecule has 0 fully saturated rings. The molecule has 1 aromatic carbocycles. The van der Waals surface area contributed by atoms with Gasteiger partial charge < -0.3 is 9.64 Å². The Morgan fingerprint density at radius 2 is 1.88 bits per heavy atom. The van der Waals surface area contributed by atoms with E-state index in [-0.39, 0.29) is 1.43 Å². The Balaban J connectivity index is 0.00000256. The third kappa shape index (κ3) is 3.92. The van der Waals surface area contributed by atoms with Gasteiger partial charge in [-0.15, -0.1) is 0 Å². The molecule has 0 saturated carbocycles. The summed E-state index contributed by atoms with van der Waals surface area (Å²) in [4.78, 5) is 2.31. The molecule has 0 unspecified atom stereocenters. The average Bonchev–Trinajstić information content (AvgIpc) is 2.35. The van der Waals surface area contributed by atoms with Crippen molar-refractivity contribution in [1.29, 1.82) is 5.26 Å². The topological polar surface area (TPSA) is 36.3 Å². The van der Waals surface area contributed by atoms with Crippen molar-refractivity contribution >= 4 is 0 Å². The Labute approximate surface area is 98.7 Å². The summed E-state index contributed by atoms with van der Waals surface area (Å²) in [6.45, 7) is 8.01. The van der Waals surface area contributed by atoms with Gasteiger partial charge in [-0.25, -0.2) is 0 Å². The SMILES string of the molecule is CCN(CC)CCOc1ccc(C#N)cc1.[H+]. The Hall–Kier alpha value is -1.53. The first-order valence-corrected chi connectivity index (χ1v) is 5.65. The van der Waals surface area contributed by atoms with Gasteiger partial charge in [0.05, 0.1) is 11.6 Å². The van der Waals surface area contributed by atoms with E-state index in [0.29, 0.717) is 12.2 Å². The molecule has 0 atom stereocenters. The molecule has 0 aliphatic heterocycles. The van der Waals surface area contributed by atoms with E-state index in [2.05, 4.69) is 24.8 Å². The van der Waals surface area contributed by atoms with Crippen LogP contribution in [-0.4, -0.2) is 31.1 Å². The van der Waals surface area contributed by atoms with Gasteiger partial charge in [0, 0.05) is 6.54 Å². The van der Waals surface area contributed by atoms with Crippen LogP contribution in [0.3, 0.4) is 0 Å². The second-order valence-electron chi connectivity index (χ2n) is 3.51. The van der Waals surface area contributed by atoms with Gasteiger partial charge in [-0.2, -0.15) is 5.26 Å². The molecule has 0 radical (unpaired) electrons. The number of hydrogen-bond donors (Lipinski definition) is 0. The summed E-state index contributed by atoms with van der Waals surface area (Å²) in [5, 5.41) is 8.64. The normalized spacial score (nSPS) is 10.1. The number of ether oxygens (including phenoxy) is 1. The number of likely N-dealkylation sites (N-methyl/N-ethyl adjacent to an activating group) is 1. The van der Waals surface area contributed by atoms with Crippen LogP contribution in [0.15, 0.2) is 24.3 Å². The highest BCUT2D eigenvalue weighted by molar-refractivity contribution is 5.34. The van der Waals surface area contributed by atoms with Crippen LogP contribution in [-0.2, 0) is 0 Å². The quantitative estimate of drug-likeness (QED) is 0.737. The zero-order valence-electron chi connectivity index (χ0n) is 10.9. The Morgan fingerprint density at radius 3 is 2.38 bits per heavy atom. The van der Waals surface area contributed by atoms with Crippen molar-refractivity contribution in [3.05, 3.63) is 29.8 Å². The van der Waals surface area contributed by atoms with Gasteiger partial charge in [0.25, 0.3) is 0 Å². The minimum Gasteiger partial charge on any atom is -0.492 e. The molecular weight excluding hydrogens is 200 g/mol. The van der Waals surface area contributed by atoms with Crippen molar-refractivity contribution in [3.63, 3.8) is 0 Å². The second kappa shape index (κ2) is 6.86. The van der Waals surface area contributed by atoms with Crippen molar-refractivity contribution in [1.82, 2.24) is 4.90 Å². The molecular formula is C13H19N2O+. The smallest absolute Gasteiger partial charge is 0.492 e. The lowest BCUT2D eigenvalue weighted by Crippen LogP contribution is -2.27. The van der Waals surface area contributed by atoms with Gasteiger partial charge in [0.15, 0.2) is 0 Å². The maximum atomic E-state index is 8.64. The summed E-state index contributed by atoms with van der Waals surface area (Å²) < 4.78 is 5.59. The molecule has 0 bridgehead atoms. The second-order valence-corrected chi connectivity index (χ2v) is 3.51. The maximum absolute atomic E-state index is 8.64. The number of rotatable bonds is 6. The highest BCUT2D eigenvalue weighted by Crippen LogP contribution is 2.11. The van der Waals surface area contributed by atoms with Crippen molar-refractivity contribution in [2.24, 2.45) is 0 Å². The molecule has 0 aliphatic carbocycles. The van der Waals surface area contributed by atoms with E-state index in [1.165, 1.54) is 0 Å². The first kappa shape index (κ1) is 12.5. The summed E-state index contributed by atoms with van der Waals surface area (Å²) in [7, 11) is 0. The zero-order chi connectivity index (χ0) is 11.8. The third-order valence-corrected chi connectivity index (χ3v) is 2.55. The number of nitrogens with zero attached hydrogens (tertiary/aromatic N) is 2. The molecule has 0 aliphatic rings. The van der Waals surface area contributed by atoms with Crippen LogP contribution in [0.2, 0.25) is 0 Å². The van der Waals surface area contributed by atoms with E-state index >= 15 is 0 Å². The molecule has 86 valence electrons. The summed E-state index contributed by atoms with van der Waals surface area (Å²) in [6, 6.07) is 9.29. The van der Waals surface area contributed by atoms with Crippen LogP contribution in [0.25, 0.3) is 0 Å². The monoisotopic (exact) mass is 219 g/mol.